The molecule has 0 unspecified atom stereocenters. The number of rotatable bonds is 4. The second-order valence-corrected chi connectivity index (χ2v) is 5.33. The smallest absolute Gasteiger partial charge is 0.339 e. The Morgan fingerprint density at radius 1 is 1.30 bits per heavy atom. The normalized spacial score (nSPS) is 16.9. The largest absolute Gasteiger partial charge is 0.507 e. The highest BCUT2D eigenvalue weighted by Gasteiger charge is 2.31. The molecule has 0 aliphatic heterocycles. The topological polar surface area (TPSA) is 113 Å². The highest BCUT2D eigenvalue weighted by molar-refractivity contribution is 5.94. The quantitative estimate of drug-likeness (QED) is 0.669. The van der Waals surface area contributed by atoms with Crippen LogP contribution < -0.4 is 11.1 Å². The molecule has 1 amide bonds. The number of carboxylic acids is 1. The molecule has 1 aromatic carbocycles. The van der Waals surface area contributed by atoms with Gasteiger partial charge in [-0.15, -0.1) is 0 Å². The summed E-state index contributed by atoms with van der Waals surface area (Å²) in [6, 6.07) is 3.92. The molecule has 0 saturated heterocycles. The monoisotopic (exact) mass is 278 g/mol. The zero-order valence-corrected chi connectivity index (χ0v) is 11.1. The predicted molar refractivity (Wildman–Crippen MR) is 73.7 cm³/mol. The van der Waals surface area contributed by atoms with Gasteiger partial charge in [-0.1, -0.05) is 12.8 Å². The number of aromatic carboxylic acids is 1. The minimum atomic E-state index is -1.22. The van der Waals surface area contributed by atoms with Crippen molar-refractivity contribution in [2.24, 2.45) is 5.73 Å². The molecule has 108 valence electrons. The average Bonchev–Trinajstić information content (AvgIpc) is 2.74. The minimum Gasteiger partial charge on any atom is -0.507 e. The van der Waals surface area contributed by atoms with E-state index in [0.717, 1.165) is 25.7 Å². The molecule has 1 saturated carbocycles. The van der Waals surface area contributed by atoms with Crippen molar-refractivity contribution in [1.82, 2.24) is 0 Å². The number of nitrogens with one attached hydrogen (secondary N) is 1. The maximum atomic E-state index is 11.9. The van der Waals surface area contributed by atoms with Gasteiger partial charge >= 0.3 is 5.97 Å². The molecule has 5 N–H and O–H groups in total. The first kappa shape index (κ1) is 14.3. The van der Waals surface area contributed by atoms with Crippen molar-refractivity contribution in [3.05, 3.63) is 23.8 Å². The van der Waals surface area contributed by atoms with Crippen LogP contribution in [0.5, 0.6) is 5.75 Å². The number of carbonyl (C=O) groups is 2. The molecule has 6 heteroatoms. The van der Waals surface area contributed by atoms with Crippen LogP contribution in [0.2, 0.25) is 0 Å². The molecule has 2 rings (SSSR count). The van der Waals surface area contributed by atoms with Crippen molar-refractivity contribution in [2.45, 2.75) is 37.6 Å². The van der Waals surface area contributed by atoms with Crippen LogP contribution in [0.1, 0.15) is 42.5 Å². The summed E-state index contributed by atoms with van der Waals surface area (Å²) in [6.07, 6.45) is 3.98. The summed E-state index contributed by atoms with van der Waals surface area (Å²) in [5.41, 5.74) is 5.84. The van der Waals surface area contributed by atoms with Gasteiger partial charge in [0, 0.05) is 23.7 Å². The first-order valence-corrected chi connectivity index (χ1v) is 6.55. The van der Waals surface area contributed by atoms with Crippen LogP contribution in [-0.4, -0.2) is 27.6 Å². The van der Waals surface area contributed by atoms with E-state index in [-0.39, 0.29) is 23.6 Å². The molecule has 1 aliphatic rings. The predicted octanol–water partition coefficient (Wildman–Crippen LogP) is 1.69. The van der Waals surface area contributed by atoms with Gasteiger partial charge in [0.2, 0.25) is 5.91 Å². The molecular formula is C14H18N2O4. The van der Waals surface area contributed by atoms with Gasteiger partial charge in [-0.2, -0.15) is 0 Å². The van der Waals surface area contributed by atoms with Gasteiger partial charge in [-0.25, -0.2) is 4.79 Å². The Kier molecular flexibility index (Phi) is 3.94. The highest BCUT2D eigenvalue weighted by atomic mass is 16.4. The Morgan fingerprint density at radius 2 is 1.95 bits per heavy atom. The Balaban J connectivity index is 2.01. The molecule has 0 bridgehead atoms. The number of nitrogens with two attached hydrogens (primary N) is 1. The Labute approximate surface area is 116 Å². The van der Waals surface area contributed by atoms with Crippen molar-refractivity contribution in [2.75, 3.05) is 5.32 Å². The van der Waals surface area contributed by atoms with E-state index >= 15 is 0 Å². The number of aromatic hydroxyl groups is 1. The van der Waals surface area contributed by atoms with E-state index in [2.05, 4.69) is 5.32 Å². The molecule has 0 atom stereocenters. The third-order valence-electron chi connectivity index (χ3n) is 3.62. The lowest BCUT2D eigenvalue weighted by atomic mass is 9.94. The van der Waals surface area contributed by atoms with Crippen LogP contribution >= 0.6 is 0 Å². The summed E-state index contributed by atoms with van der Waals surface area (Å²) in [5.74, 6) is -1.82. The van der Waals surface area contributed by atoms with E-state index in [1.807, 2.05) is 0 Å². The molecule has 0 heterocycles. The first-order chi connectivity index (χ1) is 9.39. The highest BCUT2D eigenvalue weighted by Crippen LogP contribution is 2.30. The number of hydrogen-bond donors (Lipinski definition) is 4. The van der Waals surface area contributed by atoms with Crippen molar-refractivity contribution in [3.8, 4) is 5.75 Å². The lowest BCUT2D eigenvalue weighted by Gasteiger charge is -2.22. The van der Waals surface area contributed by atoms with Crippen LogP contribution in [0.25, 0.3) is 0 Å². The molecule has 1 fully saturated rings. The molecule has 0 spiro atoms. The number of amides is 1. The van der Waals surface area contributed by atoms with E-state index in [4.69, 9.17) is 10.8 Å². The standard InChI is InChI=1S/C14H18N2O4/c15-14(5-1-2-6-14)8-12(18)16-9-3-4-10(13(19)20)11(17)7-9/h3-4,7,17H,1-2,5-6,8,15H2,(H,16,18)(H,19,20). The third-order valence-corrected chi connectivity index (χ3v) is 3.62. The second-order valence-electron chi connectivity index (χ2n) is 5.33. The Bertz CT molecular complexity index is 536. The van der Waals surface area contributed by atoms with E-state index in [0.29, 0.717) is 5.69 Å². The number of anilines is 1. The molecule has 0 radical (unpaired) electrons. The van der Waals surface area contributed by atoms with E-state index in [1.54, 1.807) is 0 Å². The van der Waals surface area contributed by atoms with Crippen LogP contribution in [0, 0.1) is 0 Å². The zero-order valence-electron chi connectivity index (χ0n) is 11.1. The van der Waals surface area contributed by atoms with Crippen molar-refractivity contribution in [3.63, 3.8) is 0 Å². The third kappa shape index (κ3) is 3.27. The fraction of sp³-hybridized carbons (Fsp3) is 0.429. The molecular weight excluding hydrogens is 260 g/mol. The number of carboxylic acid groups (broad SMARTS) is 1. The molecule has 0 aromatic heterocycles. The summed E-state index contributed by atoms with van der Waals surface area (Å²) in [4.78, 5) is 22.7. The van der Waals surface area contributed by atoms with E-state index < -0.39 is 11.5 Å². The van der Waals surface area contributed by atoms with Gasteiger partial charge in [0.05, 0.1) is 0 Å². The van der Waals surface area contributed by atoms with Crippen molar-refractivity contribution < 1.29 is 19.8 Å². The minimum absolute atomic E-state index is 0.200. The van der Waals surface area contributed by atoms with Gasteiger partial charge in [0.15, 0.2) is 0 Å². The van der Waals surface area contributed by atoms with Crippen LogP contribution in [0.15, 0.2) is 18.2 Å². The first-order valence-electron chi connectivity index (χ1n) is 6.55. The summed E-state index contributed by atoms with van der Waals surface area (Å²) in [6.45, 7) is 0. The summed E-state index contributed by atoms with van der Waals surface area (Å²) in [5, 5.41) is 21.0. The van der Waals surface area contributed by atoms with Crippen LogP contribution in [0.4, 0.5) is 5.69 Å². The molecule has 1 aromatic rings. The summed E-state index contributed by atoms with van der Waals surface area (Å²) in [7, 11) is 0. The molecule has 20 heavy (non-hydrogen) atoms. The van der Waals surface area contributed by atoms with Gasteiger partial charge in [0.1, 0.15) is 11.3 Å². The fourth-order valence-electron chi connectivity index (χ4n) is 2.57. The van der Waals surface area contributed by atoms with E-state index in [1.165, 1.54) is 18.2 Å². The number of carbonyl (C=O) groups excluding carboxylic acids is 1. The molecule has 6 nitrogen and oxygen atoms in total. The maximum absolute atomic E-state index is 11.9. The van der Waals surface area contributed by atoms with Crippen molar-refractivity contribution in [1.29, 1.82) is 0 Å². The Morgan fingerprint density at radius 3 is 2.50 bits per heavy atom. The van der Waals surface area contributed by atoms with Crippen LogP contribution in [0.3, 0.4) is 0 Å². The SMILES string of the molecule is NC1(CC(=O)Nc2ccc(C(=O)O)c(O)c2)CCCC1. The number of hydrogen-bond acceptors (Lipinski definition) is 4. The maximum Gasteiger partial charge on any atom is 0.339 e. The Hall–Kier alpha value is -2.08. The van der Waals surface area contributed by atoms with Crippen LogP contribution in [-0.2, 0) is 4.79 Å². The van der Waals surface area contributed by atoms with E-state index in [9.17, 15) is 14.7 Å². The van der Waals surface area contributed by atoms with Gasteiger partial charge < -0.3 is 21.3 Å². The number of phenols is 1. The average molecular weight is 278 g/mol. The van der Waals surface area contributed by atoms with Gasteiger partial charge in [0.25, 0.3) is 0 Å². The summed E-state index contributed by atoms with van der Waals surface area (Å²) >= 11 is 0. The second kappa shape index (κ2) is 5.50. The van der Waals surface area contributed by atoms with Crippen molar-refractivity contribution >= 4 is 17.6 Å². The van der Waals surface area contributed by atoms with Gasteiger partial charge in [-0.3, -0.25) is 4.79 Å². The summed E-state index contributed by atoms with van der Waals surface area (Å²) < 4.78 is 0. The fourth-order valence-corrected chi connectivity index (χ4v) is 2.57. The van der Waals surface area contributed by atoms with Gasteiger partial charge in [-0.05, 0) is 25.0 Å². The molecule has 1 aliphatic carbocycles. The number of benzene rings is 1. The zero-order chi connectivity index (χ0) is 14.8. The lowest BCUT2D eigenvalue weighted by Crippen LogP contribution is -2.40. The lowest BCUT2D eigenvalue weighted by molar-refractivity contribution is -0.117.